The molecule has 9 heavy (non-hydrogen) atoms. The lowest BCUT2D eigenvalue weighted by Gasteiger charge is -2.02. The van der Waals surface area contributed by atoms with E-state index in [1.165, 1.54) is 24.3 Å². The van der Waals surface area contributed by atoms with Crippen LogP contribution in [-0.2, 0) is 0 Å². The normalized spacial score (nSPS) is 13.7. The summed E-state index contributed by atoms with van der Waals surface area (Å²) >= 11 is 1.99. The molecule has 0 spiro atoms. The minimum absolute atomic E-state index is 0.391. The molecule has 0 aliphatic rings. The van der Waals surface area contributed by atoms with Gasteiger partial charge in [-0.25, -0.2) is 0 Å². The highest BCUT2D eigenvalue weighted by Gasteiger charge is 1.92. The van der Waals surface area contributed by atoms with Crippen LogP contribution in [0.1, 0.15) is 26.7 Å². The summed E-state index contributed by atoms with van der Waals surface area (Å²) in [4.78, 5) is 0. The van der Waals surface area contributed by atoms with Crippen molar-refractivity contribution < 1.29 is 0 Å². The second kappa shape index (κ2) is 6.43. The van der Waals surface area contributed by atoms with Gasteiger partial charge < -0.3 is 5.73 Å². The number of thioether (sulfide) groups is 1. The van der Waals surface area contributed by atoms with Crippen LogP contribution in [0.2, 0.25) is 0 Å². The Labute approximate surface area is 62.4 Å². The van der Waals surface area contributed by atoms with Crippen molar-refractivity contribution in [3.8, 4) is 0 Å². The molecule has 0 fully saturated rings. The molecule has 2 heteroatoms. The van der Waals surface area contributed by atoms with Gasteiger partial charge in [0.1, 0.15) is 0 Å². The first-order valence-electron chi connectivity index (χ1n) is 3.60. The maximum absolute atomic E-state index is 5.57. The summed E-state index contributed by atoms with van der Waals surface area (Å²) < 4.78 is 0. The third-order valence-corrected chi connectivity index (χ3v) is 2.14. The molecule has 0 aromatic rings. The van der Waals surface area contributed by atoms with Gasteiger partial charge in [-0.2, -0.15) is 11.8 Å². The Bertz CT molecular complexity index is 54.9. The molecule has 0 rings (SSSR count). The van der Waals surface area contributed by atoms with Crippen LogP contribution >= 0.6 is 11.8 Å². The number of hydrogen-bond acceptors (Lipinski definition) is 2. The average Bonchev–Trinajstić information content (AvgIpc) is 1.80. The lowest BCUT2D eigenvalue weighted by molar-refractivity contribution is 0.657. The number of rotatable bonds is 5. The molecule has 2 N–H and O–H groups in total. The van der Waals surface area contributed by atoms with E-state index in [-0.39, 0.29) is 0 Å². The molecule has 56 valence electrons. The lowest BCUT2D eigenvalue weighted by atomic mass is 10.2. The van der Waals surface area contributed by atoms with Crippen molar-refractivity contribution in [3.05, 3.63) is 0 Å². The van der Waals surface area contributed by atoms with Gasteiger partial charge in [0.25, 0.3) is 0 Å². The van der Waals surface area contributed by atoms with E-state index in [1.54, 1.807) is 0 Å². The topological polar surface area (TPSA) is 26.0 Å². The Morgan fingerprint density at radius 1 is 1.56 bits per heavy atom. The molecule has 0 saturated heterocycles. The van der Waals surface area contributed by atoms with Gasteiger partial charge in [0, 0.05) is 6.04 Å². The average molecular weight is 147 g/mol. The Hall–Kier alpha value is 0.310. The van der Waals surface area contributed by atoms with Gasteiger partial charge in [0.15, 0.2) is 0 Å². The molecule has 0 aromatic carbocycles. The van der Waals surface area contributed by atoms with Crippen LogP contribution in [0, 0.1) is 0 Å². The molecule has 0 aliphatic carbocycles. The predicted octanol–water partition coefficient (Wildman–Crippen LogP) is 1.87. The molecular weight excluding hydrogens is 130 g/mol. The van der Waals surface area contributed by atoms with Crippen LogP contribution in [0.25, 0.3) is 0 Å². The molecule has 1 atom stereocenters. The van der Waals surface area contributed by atoms with E-state index in [4.69, 9.17) is 5.73 Å². The summed E-state index contributed by atoms with van der Waals surface area (Å²) in [5.41, 5.74) is 5.57. The van der Waals surface area contributed by atoms with Crippen LogP contribution in [0.3, 0.4) is 0 Å². The van der Waals surface area contributed by atoms with Gasteiger partial charge in [-0.15, -0.1) is 0 Å². The van der Waals surface area contributed by atoms with Crippen molar-refractivity contribution in [2.45, 2.75) is 32.7 Å². The molecule has 0 heterocycles. The molecule has 0 bridgehead atoms. The van der Waals surface area contributed by atoms with E-state index in [2.05, 4.69) is 13.8 Å². The second-order valence-electron chi connectivity index (χ2n) is 2.32. The zero-order valence-corrected chi connectivity index (χ0v) is 7.21. The molecule has 1 unspecified atom stereocenters. The Morgan fingerprint density at radius 2 is 2.22 bits per heavy atom. The molecule has 0 radical (unpaired) electrons. The van der Waals surface area contributed by atoms with Crippen molar-refractivity contribution in [1.29, 1.82) is 0 Å². The van der Waals surface area contributed by atoms with Gasteiger partial charge in [-0.05, 0) is 31.3 Å². The maximum atomic E-state index is 5.57. The van der Waals surface area contributed by atoms with Crippen molar-refractivity contribution in [1.82, 2.24) is 0 Å². The Morgan fingerprint density at radius 3 is 2.67 bits per heavy atom. The third kappa shape index (κ3) is 8.31. The minimum atomic E-state index is 0.391. The number of nitrogens with two attached hydrogens (primary N) is 1. The van der Waals surface area contributed by atoms with Crippen LogP contribution in [0.5, 0.6) is 0 Å². The van der Waals surface area contributed by atoms with Crippen LogP contribution < -0.4 is 5.73 Å². The maximum Gasteiger partial charge on any atom is 0.00107 e. The smallest absolute Gasteiger partial charge is 0.00107 e. The Balaban J connectivity index is 2.75. The van der Waals surface area contributed by atoms with E-state index >= 15 is 0 Å². The van der Waals surface area contributed by atoms with E-state index in [9.17, 15) is 0 Å². The minimum Gasteiger partial charge on any atom is -0.328 e. The fraction of sp³-hybridized carbons (Fsp3) is 1.00. The highest BCUT2D eigenvalue weighted by atomic mass is 32.2. The molecule has 0 aliphatic heterocycles. The monoisotopic (exact) mass is 147 g/mol. The van der Waals surface area contributed by atoms with Crippen molar-refractivity contribution in [3.63, 3.8) is 0 Å². The van der Waals surface area contributed by atoms with Crippen molar-refractivity contribution in [2.75, 3.05) is 11.5 Å². The van der Waals surface area contributed by atoms with Gasteiger partial charge in [-0.1, -0.05) is 6.92 Å². The first kappa shape index (κ1) is 9.31. The zero-order valence-electron chi connectivity index (χ0n) is 6.39. The molecule has 0 amide bonds. The van der Waals surface area contributed by atoms with E-state index < -0.39 is 0 Å². The third-order valence-electron chi connectivity index (χ3n) is 1.15. The first-order valence-corrected chi connectivity index (χ1v) is 4.76. The van der Waals surface area contributed by atoms with Crippen molar-refractivity contribution >= 4 is 11.8 Å². The highest BCUT2D eigenvalue weighted by Crippen LogP contribution is 2.03. The van der Waals surface area contributed by atoms with Gasteiger partial charge in [0.2, 0.25) is 0 Å². The Kier molecular flexibility index (Phi) is 6.65. The van der Waals surface area contributed by atoms with Crippen LogP contribution in [0.15, 0.2) is 0 Å². The fourth-order valence-electron chi connectivity index (χ4n) is 0.652. The van der Waals surface area contributed by atoms with E-state index in [0.29, 0.717) is 6.04 Å². The molecule has 0 aromatic heterocycles. The van der Waals surface area contributed by atoms with Gasteiger partial charge in [0.05, 0.1) is 0 Å². The van der Waals surface area contributed by atoms with Crippen molar-refractivity contribution in [2.24, 2.45) is 5.73 Å². The van der Waals surface area contributed by atoms with Crippen LogP contribution in [0.4, 0.5) is 0 Å². The summed E-state index contributed by atoms with van der Waals surface area (Å²) in [6, 6.07) is 0.391. The number of hydrogen-bond donors (Lipinski definition) is 1. The van der Waals surface area contributed by atoms with Gasteiger partial charge in [-0.3, -0.25) is 0 Å². The largest absolute Gasteiger partial charge is 0.328 e. The quantitative estimate of drug-likeness (QED) is 0.601. The zero-order chi connectivity index (χ0) is 7.11. The summed E-state index contributed by atoms with van der Waals surface area (Å²) in [7, 11) is 0. The summed E-state index contributed by atoms with van der Waals surface area (Å²) in [6.07, 6.45) is 2.45. The highest BCUT2D eigenvalue weighted by molar-refractivity contribution is 7.99. The van der Waals surface area contributed by atoms with Gasteiger partial charge >= 0.3 is 0 Å². The summed E-state index contributed by atoms with van der Waals surface area (Å²) in [5.74, 6) is 2.51. The first-order chi connectivity index (χ1) is 4.27. The SMILES string of the molecule is CCSCCCC(C)N. The summed E-state index contributed by atoms with van der Waals surface area (Å²) in [5, 5.41) is 0. The lowest BCUT2D eigenvalue weighted by Crippen LogP contribution is -2.14. The van der Waals surface area contributed by atoms with Crippen LogP contribution in [-0.4, -0.2) is 17.5 Å². The van der Waals surface area contributed by atoms with E-state index in [0.717, 1.165) is 0 Å². The summed E-state index contributed by atoms with van der Waals surface area (Å²) in [6.45, 7) is 4.26. The molecule has 1 nitrogen and oxygen atoms in total. The fourth-order valence-corrected chi connectivity index (χ4v) is 1.31. The van der Waals surface area contributed by atoms with E-state index in [1.807, 2.05) is 11.8 Å². The molecular formula is C7H17NS. The predicted molar refractivity (Wildman–Crippen MR) is 45.9 cm³/mol. The standard InChI is InChI=1S/C7H17NS/c1-3-9-6-4-5-7(2)8/h7H,3-6,8H2,1-2H3. The second-order valence-corrected chi connectivity index (χ2v) is 3.71. The molecule has 0 saturated carbocycles.